The smallest absolute Gasteiger partial charge is 0.101 e. The van der Waals surface area contributed by atoms with Gasteiger partial charge in [0.2, 0.25) is 0 Å². The van der Waals surface area contributed by atoms with Crippen LogP contribution in [0.5, 0.6) is 0 Å². The number of rotatable bonds is 24. The Balaban J connectivity index is 2.02. The van der Waals surface area contributed by atoms with Gasteiger partial charge >= 0.3 is 0 Å². The minimum absolute atomic E-state index is 0.608. The molecular weight excluding hydrogens is 400 g/mol. The second kappa shape index (κ2) is 21.8. The summed E-state index contributed by atoms with van der Waals surface area (Å²) in [4.78, 5) is 5.24. The van der Waals surface area contributed by atoms with E-state index in [9.17, 15) is 0 Å². The zero-order valence-electron chi connectivity index (χ0n) is 23.5. The number of nitrogens with zero attached hydrogens (tertiary/aromatic N) is 2. The van der Waals surface area contributed by atoms with Crippen LogP contribution in [0.1, 0.15) is 169 Å². The SMILES string of the molecule is CCCCCCCCCCCCCCCCCC1N(CCCCCCCC)C=CN1C(C)C. The van der Waals surface area contributed by atoms with Crippen molar-refractivity contribution in [1.82, 2.24) is 9.80 Å². The molecule has 0 saturated heterocycles. The van der Waals surface area contributed by atoms with Crippen LogP contribution in [0.2, 0.25) is 0 Å². The molecule has 0 fully saturated rings. The lowest BCUT2D eigenvalue weighted by atomic mass is 10.0. The zero-order valence-corrected chi connectivity index (χ0v) is 23.5. The molecule has 0 amide bonds. The van der Waals surface area contributed by atoms with Crippen molar-refractivity contribution in [3.63, 3.8) is 0 Å². The van der Waals surface area contributed by atoms with Gasteiger partial charge in [-0.05, 0) is 33.1 Å². The largest absolute Gasteiger partial charge is 0.356 e. The third-order valence-electron chi connectivity index (χ3n) is 7.59. The molecule has 1 unspecified atom stereocenters. The van der Waals surface area contributed by atoms with Gasteiger partial charge in [0.05, 0.1) is 0 Å². The fraction of sp³-hybridized carbons (Fsp3) is 0.935. The first kappa shape index (κ1) is 30.4. The van der Waals surface area contributed by atoms with Gasteiger partial charge < -0.3 is 9.80 Å². The second-order valence-corrected chi connectivity index (χ2v) is 11.1. The van der Waals surface area contributed by atoms with E-state index in [0.717, 1.165) is 0 Å². The van der Waals surface area contributed by atoms with Crippen molar-refractivity contribution in [3.8, 4) is 0 Å². The molecular formula is C31H62N2. The van der Waals surface area contributed by atoms with E-state index in [1.54, 1.807) is 0 Å². The number of unbranched alkanes of at least 4 members (excludes halogenated alkanes) is 19. The molecule has 1 aliphatic heterocycles. The standard InChI is InChI=1S/C31H62N2/c1-5-7-9-11-13-14-15-16-17-18-19-20-21-22-24-26-31-32(28-29-33(31)30(3)4)27-25-23-12-10-8-6-2/h28-31H,5-27H2,1-4H3. The second-order valence-electron chi connectivity index (χ2n) is 11.1. The summed E-state index contributed by atoms with van der Waals surface area (Å²) in [5.74, 6) is 0. The maximum Gasteiger partial charge on any atom is 0.101 e. The van der Waals surface area contributed by atoms with Crippen LogP contribution < -0.4 is 0 Å². The topological polar surface area (TPSA) is 6.48 Å². The van der Waals surface area contributed by atoms with Crippen LogP contribution >= 0.6 is 0 Å². The van der Waals surface area contributed by atoms with Gasteiger partial charge in [-0.1, -0.05) is 136 Å². The fourth-order valence-electron chi connectivity index (χ4n) is 5.36. The van der Waals surface area contributed by atoms with Crippen LogP contribution in [0, 0.1) is 0 Å². The lowest BCUT2D eigenvalue weighted by Gasteiger charge is -2.35. The minimum atomic E-state index is 0.608. The van der Waals surface area contributed by atoms with Crippen molar-refractivity contribution < 1.29 is 0 Å². The van der Waals surface area contributed by atoms with Gasteiger partial charge in [0.15, 0.2) is 0 Å². The third kappa shape index (κ3) is 15.8. The Morgan fingerprint density at radius 3 is 1.33 bits per heavy atom. The van der Waals surface area contributed by atoms with Crippen molar-refractivity contribution in [3.05, 3.63) is 12.4 Å². The lowest BCUT2D eigenvalue weighted by Crippen LogP contribution is -2.42. The van der Waals surface area contributed by atoms with Crippen LogP contribution in [-0.4, -0.2) is 28.6 Å². The van der Waals surface area contributed by atoms with E-state index in [2.05, 4.69) is 49.9 Å². The van der Waals surface area contributed by atoms with E-state index >= 15 is 0 Å². The predicted molar refractivity (Wildman–Crippen MR) is 150 cm³/mol. The van der Waals surface area contributed by atoms with Crippen molar-refractivity contribution >= 4 is 0 Å². The summed E-state index contributed by atoms with van der Waals surface area (Å²) in [6.07, 6.45) is 36.8. The molecule has 196 valence electrons. The lowest BCUT2D eigenvalue weighted by molar-refractivity contribution is 0.114. The molecule has 0 N–H and O–H groups in total. The van der Waals surface area contributed by atoms with Gasteiger partial charge in [0, 0.05) is 25.0 Å². The first-order valence-corrected chi connectivity index (χ1v) is 15.4. The van der Waals surface area contributed by atoms with E-state index in [1.165, 1.54) is 148 Å². The van der Waals surface area contributed by atoms with Gasteiger partial charge in [-0.25, -0.2) is 0 Å². The average molecular weight is 463 g/mol. The van der Waals surface area contributed by atoms with Gasteiger partial charge in [-0.2, -0.15) is 0 Å². The minimum Gasteiger partial charge on any atom is -0.356 e. The van der Waals surface area contributed by atoms with E-state index in [0.29, 0.717) is 12.2 Å². The summed E-state index contributed by atoms with van der Waals surface area (Å²) < 4.78 is 0. The third-order valence-corrected chi connectivity index (χ3v) is 7.59. The summed E-state index contributed by atoms with van der Waals surface area (Å²) in [6, 6.07) is 0.608. The monoisotopic (exact) mass is 462 g/mol. The quantitative estimate of drug-likeness (QED) is 0.132. The van der Waals surface area contributed by atoms with Crippen molar-refractivity contribution in [2.45, 2.75) is 181 Å². The highest BCUT2D eigenvalue weighted by Crippen LogP contribution is 2.25. The number of hydrogen-bond acceptors (Lipinski definition) is 2. The van der Waals surface area contributed by atoms with Crippen LogP contribution in [0.4, 0.5) is 0 Å². The molecule has 1 atom stereocenters. The first-order chi connectivity index (χ1) is 16.2. The van der Waals surface area contributed by atoms with Crippen molar-refractivity contribution in [1.29, 1.82) is 0 Å². The van der Waals surface area contributed by atoms with Crippen LogP contribution in [0.25, 0.3) is 0 Å². The number of hydrogen-bond donors (Lipinski definition) is 0. The molecule has 0 aromatic heterocycles. The van der Waals surface area contributed by atoms with Crippen molar-refractivity contribution in [2.75, 3.05) is 6.54 Å². The molecule has 0 aliphatic carbocycles. The summed E-state index contributed by atoms with van der Waals surface area (Å²) in [6.45, 7) is 10.5. The van der Waals surface area contributed by atoms with Gasteiger partial charge in [-0.3, -0.25) is 0 Å². The zero-order chi connectivity index (χ0) is 24.0. The Hall–Kier alpha value is -0.660. The Kier molecular flexibility index (Phi) is 20.1. The Morgan fingerprint density at radius 2 is 0.909 bits per heavy atom. The molecule has 1 rings (SSSR count). The first-order valence-electron chi connectivity index (χ1n) is 15.4. The maximum absolute atomic E-state index is 2.64. The van der Waals surface area contributed by atoms with Crippen LogP contribution in [0.3, 0.4) is 0 Å². The van der Waals surface area contributed by atoms with Gasteiger partial charge in [0.25, 0.3) is 0 Å². The molecule has 1 aliphatic rings. The predicted octanol–water partition coefficient (Wildman–Crippen LogP) is 10.4. The van der Waals surface area contributed by atoms with Crippen LogP contribution in [0.15, 0.2) is 12.4 Å². The molecule has 0 saturated carbocycles. The molecule has 2 heteroatoms. The Bertz CT molecular complexity index is 431. The highest BCUT2D eigenvalue weighted by molar-refractivity contribution is 4.98. The van der Waals surface area contributed by atoms with E-state index < -0.39 is 0 Å². The van der Waals surface area contributed by atoms with E-state index in [4.69, 9.17) is 0 Å². The summed E-state index contributed by atoms with van der Waals surface area (Å²) in [5.41, 5.74) is 0. The van der Waals surface area contributed by atoms with Gasteiger partial charge in [0.1, 0.15) is 6.17 Å². The normalized spacial score (nSPS) is 16.0. The average Bonchev–Trinajstić information content (AvgIpc) is 3.21. The highest BCUT2D eigenvalue weighted by atomic mass is 15.4. The van der Waals surface area contributed by atoms with E-state index in [1.807, 2.05) is 0 Å². The van der Waals surface area contributed by atoms with E-state index in [-0.39, 0.29) is 0 Å². The molecule has 0 bridgehead atoms. The summed E-state index contributed by atoms with van der Waals surface area (Å²) >= 11 is 0. The molecule has 1 heterocycles. The molecule has 0 aromatic rings. The highest BCUT2D eigenvalue weighted by Gasteiger charge is 2.26. The summed E-state index contributed by atoms with van der Waals surface area (Å²) in [7, 11) is 0. The Labute approximate surface area is 210 Å². The molecule has 0 aromatic carbocycles. The molecule has 33 heavy (non-hydrogen) atoms. The van der Waals surface area contributed by atoms with Gasteiger partial charge in [-0.15, -0.1) is 0 Å². The maximum atomic E-state index is 2.64. The van der Waals surface area contributed by atoms with Crippen molar-refractivity contribution in [2.24, 2.45) is 0 Å². The molecule has 2 nitrogen and oxygen atoms in total. The summed E-state index contributed by atoms with van der Waals surface area (Å²) in [5, 5.41) is 0. The molecule has 0 radical (unpaired) electrons. The van der Waals surface area contributed by atoms with Crippen LogP contribution in [-0.2, 0) is 0 Å². The fourth-order valence-corrected chi connectivity index (χ4v) is 5.36. The molecule has 0 spiro atoms. The Morgan fingerprint density at radius 1 is 0.515 bits per heavy atom.